The molecule has 0 saturated heterocycles. The zero-order valence-electron chi connectivity index (χ0n) is 11.7. The van der Waals surface area contributed by atoms with Crippen LogP contribution in [0.25, 0.3) is 0 Å². The smallest absolute Gasteiger partial charge is 0.191 e. The Balaban J connectivity index is 4.04. The molecule has 0 aliphatic carbocycles. The summed E-state index contributed by atoms with van der Waals surface area (Å²) in [5.41, 5.74) is 0. The normalized spacial score (nSPS) is 16.9. The Kier molecular flexibility index (Phi) is 5.94. The van der Waals surface area contributed by atoms with E-state index in [4.69, 9.17) is 4.43 Å². The Bertz CT molecular complexity index is 218. The van der Waals surface area contributed by atoms with Gasteiger partial charge in [0.2, 0.25) is 0 Å². The average Bonchev–Trinajstić information content (AvgIpc) is 2.14. The molecular formula is C13H28O2Si. The summed E-state index contributed by atoms with van der Waals surface area (Å²) in [4.78, 5) is 0. The molecule has 0 aliphatic rings. The first-order chi connectivity index (χ1) is 7.12. The summed E-state index contributed by atoms with van der Waals surface area (Å²) in [6.07, 6.45) is 2.15. The van der Waals surface area contributed by atoms with Crippen LogP contribution in [0.15, 0.2) is 12.7 Å². The van der Waals surface area contributed by atoms with E-state index in [0.717, 1.165) is 0 Å². The zero-order chi connectivity index (χ0) is 13.0. The van der Waals surface area contributed by atoms with Gasteiger partial charge in [0.25, 0.3) is 0 Å². The van der Waals surface area contributed by atoms with Crippen LogP contribution in [0.1, 0.15) is 34.1 Å². The highest BCUT2D eigenvalue weighted by Crippen LogP contribution is 2.36. The Morgan fingerprint density at radius 3 is 2.25 bits per heavy atom. The summed E-state index contributed by atoms with van der Waals surface area (Å²) >= 11 is 0. The third-order valence-corrected chi connectivity index (χ3v) is 8.20. The fourth-order valence-corrected chi connectivity index (χ4v) is 2.13. The number of hydrogen-bond donors (Lipinski definition) is 1. The summed E-state index contributed by atoms with van der Waals surface area (Å²) in [6, 6.07) is 0. The zero-order valence-corrected chi connectivity index (χ0v) is 12.7. The summed E-state index contributed by atoms with van der Waals surface area (Å²) < 4.78 is 6.00. The SMILES string of the molecule is C=C[C@H](C)[C@@H](O)CCO[Si](C)(C)C(C)(C)C. The molecule has 0 fully saturated rings. The van der Waals surface area contributed by atoms with Crippen LogP contribution >= 0.6 is 0 Å². The minimum atomic E-state index is -1.65. The maximum Gasteiger partial charge on any atom is 0.191 e. The molecule has 0 aliphatic heterocycles. The van der Waals surface area contributed by atoms with Gasteiger partial charge in [-0.1, -0.05) is 33.8 Å². The summed E-state index contributed by atoms with van der Waals surface area (Å²) in [5.74, 6) is 0.142. The van der Waals surface area contributed by atoms with Gasteiger partial charge in [-0.25, -0.2) is 0 Å². The molecule has 0 aromatic rings. The van der Waals surface area contributed by atoms with Crippen LogP contribution in [0, 0.1) is 5.92 Å². The first-order valence-corrected chi connectivity index (χ1v) is 8.97. The maximum atomic E-state index is 9.78. The second-order valence-electron chi connectivity index (χ2n) is 6.06. The predicted molar refractivity (Wildman–Crippen MR) is 73.1 cm³/mol. The van der Waals surface area contributed by atoms with Crippen molar-refractivity contribution in [2.24, 2.45) is 5.92 Å². The van der Waals surface area contributed by atoms with Crippen molar-refractivity contribution in [3.8, 4) is 0 Å². The third-order valence-electron chi connectivity index (χ3n) is 3.66. The first kappa shape index (κ1) is 15.9. The van der Waals surface area contributed by atoms with E-state index in [9.17, 15) is 5.11 Å². The molecule has 0 saturated carbocycles. The lowest BCUT2D eigenvalue weighted by Gasteiger charge is -2.36. The van der Waals surface area contributed by atoms with Gasteiger partial charge in [0.05, 0.1) is 6.10 Å². The van der Waals surface area contributed by atoms with E-state index in [2.05, 4.69) is 40.4 Å². The number of aliphatic hydroxyl groups is 1. The molecule has 0 bridgehead atoms. The van der Waals surface area contributed by atoms with Crippen LogP contribution in [0.4, 0.5) is 0 Å². The Hall–Kier alpha value is -0.123. The highest BCUT2D eigenvalue weighted by molar-refractivity contribution is 6.74. The molecule has 2 nitrogen and oxygen atoms in total. The first-order valence-electron chi connectivity index (χ1n) is 6.06. The molecule has 0 aromatic heterocycles. The van der Waals surface area contributed by atoms with Gasteiger partial charge >= 0.3 is 0 Å². The fourth-order valence-electron chi connectivity index (χ4n) is 1.07. The Morgan fingerprint density at radius 1 is 1.38 bits per heavy atom. The van der Waals surface area contributed by atoms with Crippen LogP contribution in [0.5, 0.6) is 0 Å². The molecule has 0 aromatic carbocycles. The van der Waals surface area contributed by atoms with Crippen molar-refractivity contribution in [2.45, 2.75) is 58.4 Å². The summed E-state index contributed by atoms with van der Waals surface area (Å²) in [5, 5.41) is 10.0. The van der Waals surface area contributed by atoms with Crippen LogP contribution in [0.3, 0.4) is 0 Å². The molecule has 0 radical (unpaired) electrons. The van der Waals surface area contributed by atoms with Gasteiger partial charge in [-0.15, -0.1) is 6.58 Å². The molecule has 1 N–H and O–H groups in total. The van der Waals surface area contributed by atoms with Crippen LogP contribution < -0.4 is 0 Å². The maximum absolute atomic E-state index is 9.78. The number of rotatable bonds is 6. The van der Waals surface area contributed by atoms with Crippen molar-refractivity contribution in [3.63, 3.8) is 0 Å². The van der Waals surface area contributed by atoms with Crippen molar-refractivity contribution < 1.29 is 9.53 Å². The Labute approximate surface area is 102 Å². The van der Waals surface area contributed by atoms with Crippen LogP contribution in [0.2, 0.25) is 18.1 Å². The van der Waals surface area contributed by atoms with Crippen molar-refractivity contribution in [1.82, 2.24) is 0 Å². The van der Waals surface area contributed by atoms with Gasteiger partial charge in [0, 0.05) is 6.61 Å². The van der Waals surface area contributed by atoms with Gasteiger partial charge in [-0.2, -0.15) is 0 Å². The quantitative estimate of drug-likeness (QED) is 0.571. The van der Waals surface area contributed by atoms with Gasteiger partial charge in [-0.05, 0) is 30.5 Å². The van der Waals surface area contributed by atoms with Crippen molar-refractivity contribution >= 4 is 8.32 Å². The minimum Gasteiger partial charge on any atom is -0.417 e. The topological polar surface area (TPSA) is 29.5 Å². The standard InChI is InChI=1S/C13H28O2Si/c1-8-11(2)12(14)9-10-15-16(6,7)13(3,4)5/h8,11-12,14H,1,9-10H2,2-7H3/t11-,12-/m0/s1. The van der Waals surface area contributed by atoms with E-state index in [1.807, 2.05) is 6.92 Å². The Morgan fingerprint density at radius 2 is 1.88 bits per heavy atom. The molecular weight excluding hydrogens is 216 g/mol. The molecule has 0 heterocycles. The van der Waals surface area contributed by atoms with Crippen LogP contribution in [-0.4, -0.2) is 26.1 Å². The van der Waals surface area contributed by atoms with E-state index in [1.54, 1.807) is 6.08 Å². The van der Waals surface area contributed by atoms with Crippen molar-refractivity contribution in [2.75, 3.05) is 6.61 Å². The third kappa shape index (κ3) is 4.81. The molecule has 96 valence electrons. The fraction of sp³-hybridized carbons (Fsp3) is 0.846. The monoisotopic (exact) mass is 244 g/mol. The molecule has 0 unspecified atom stereocenters. The highest BCUT2D eigenvalue weighted by Gasteiger charge is 2.37. The lowest BCUT2D eigenvalue weighted by Crippen LogP contribution is -2.41. The predicted octanol–water partition coefficient (Wildman–Crippen LogP) is 3.58. The number of aliphatic hydroxyl groups excluding tert-OH is 1. The van der Waals surface area contributed by atoms with Crippen molar-refractivity contribution in [1.29, 1.82) is 0 Å². The molecule has 2 atom stereocenters. The van der Waals surface area contributed by atoms with E-state index in [1.165, 1.54) is 0 Å². The molecule has 0 amide bonds. The highest BCUT2D eigenvalue weighted by atomic mass is 28.4. The van der Waals surface area contributed by atoms with Gasteiger partial charge in [0.15, 0.2) is 8.32 Å². The second kappa shape index (κ2) is 5.99. The van der Waals surface area contributed by atoms with Crippen LogP contribution in [-0.2, 0) is 4.43 Å². The number of hydrogen-bond acceptors (Lipinski definition) is 2. The van der Waals surface area contributed by atoms with E-state index in [0.29, 0.717) is 13.0 Å². The average molecular weight is 244 g/mol. The summed E-state index contributed by atoms with van der Waals surface area (Å²) in [6.45, 7) is 17.4. The lowest BCUT2D eigenvalue weighted by molar-refractivity contribution is 0.105. The minimum absolute atomic E-state index is 0.142. The molecule has 16 heavy (non-hydrogen) atoms. The van der Waals surface area contributed by atoms with E-state index < -0.39 is 8.32 Å². The molecule has 0 rings (SSSR count). The molecule has 3 heteroatoms. The van der Waals surface area contributed by atoms with Gasteiger partial charge in [-0.3, -0.25) is 0 Å². The largest absolute Gasteiger partial charge is 0.417 e. The van der Waals surface area contributed by atoms with Crippen molar-refractivity contribution in [3.05, 3.63) is 12.7 Å². The summed E-state index contributed by atoms with van der Waals surface area (Å²) in [7, 11) is -1.65. The molecule has 0 spiro atoms. The lowest BCUT2D eigenvalue weighted by atomic mass is 10.0. The van der Waals surface area contributed by atoms with Gasteiger partial charge in [0.1, 0.15) is 0 Å². The second-order valence-corrected chi connectivity index (χ2v) is 10.9. The van der Waals surface area contributed by atoms with E-state index in [-0.39, 0.29) is 17.1 Å². The van der Waals surface area contributed by atoms with Gasteiger partial charge < -0.3 is 9.53 Å². The van der Waals surface area contributed by atoms with E-state index >= 15 is 0 Å².